The molecule has 3 heteroatoms. The first-order valence-electron chi connectivity index (χ1n) is 6.28. The normalized spacial score (nSPS) is 27.6. The van der Waals surface area contributed by atoms with Crippen LogP contribution in [-0.4, -0.2) is 29.7 Å². The first-order chi connectivity index (χ1) is 8.34. The molecule has 17 heavy (non-hydrogen) atoms. The van der Waals surface area contributed by atoms with Gasteiger partial charge in [-0.25, -0.2) is 0 Å². The molecular formula is C14H16N2O. The first-order valence-corrected chi connectivity index (χ1v) is 6.28. The zero-order valence-corrected chi connectivity index (χ0v) is 9.80. The third-order valence-electron chi connectivity index (χ3n) is 3.53. The quantitative estimate of drug-likeness (QED) is 0.636. The van der Waals surface area contributed by atoms with Gasteiger partial charge in [0.05, 0.1) is 5.92 Å². The molecule has 1 unspecified atom stereocenters. The maximum absolute atomic E-state index is 11.9. The van der Waals surface area contributed by atoms with E-state index in [1.807, 2.05) is 24.3 Å². The molecule has 0 radical (unpaired) electrons. The van der Waals surface area contributed by atoms with E-state index >= 15 is 0 Å². The molecule has 1 saturated heterocycles. The van der Waals surface area contributed by atoms with E-state index in [9.17, 15) is 4.79 Å². The second-order valence-corrected chi connectivity index (χ2v) is 4.72. The van der Waals surface area contributed by atoms with E-state index in [2.05, 4.69) is 16.0 Å². The molecule has 1 aliphatic carbocycles. The fraction of sp³-hybridized carbons (Fsp3) is 0.429. The maximum atomic E-state index is 11.9. The van der Waals surface area contributed by atoms with Crippen molar-refractivity contribution in [1.82, 2.24) is 4.90 Å². The molecule has 0 N–H and O–H groups in total. The van der Waals surface area contributed by atoms with E-state index in [0.717, 1.165) is 24.5 Å². The Bertz CT molecular complexity index is 451. The second kappa shape index (κ2) is 4.32. The summed E-state index contributed by atoms with van der Waals surface area (Å²) in [5.74, 6) is 0.693. The number of piperidine rings is 1. The molecule has 0 aromatic heterocycles. The number of nitrogens with zero attached hydrogens (tertiary/aromatic N) is 2. The number of rotatable bonds is 0. The number of amidine groups is 1. The number of hydrogen-bond acceptors (Lipinski definition) is 2. The van der Waals surface area contributed by atoms with Crippen LogP contribution in [-0.2, 0) is 4.79 Å². The zero-order chi connectivity index (χ0) is 11.7. The molecule has 0 spiro atoms. The van der Waals surface area contributed by atoms with E-state index in [0.29, 0.717) is 0 Å². The number of hydrogen-bond donors (Lipinski definition) is 0. The van der Waals surface area contributed by atoms with Crippen LogP contribution in [0.25, 0.3) is 0 Å². The smallest absolute Gasteiger partial charge is 0.259 e. The Morgan fingerprint density at radius 2 is 2.00 bits per heavy atom. The predicted octanol–water partition coefficient (Wildman–Crippen LogP) is 2.08. The number of likely N-dealkylation sites (tertiary alicyclic amines) is 1. The lowest BCUT2D eigenvalue weighted by Crippen LogP contribution is -2.37. The lowest BCUT2D eigenvalue weighted by molar-refractivity contribution is -0.119. The van der Waals surface area contributed by atoms with Crippen molar-refractivity contribution >= 4 is 11.7 Å². The van der Waals surface area contributed by atoms with Gasteiger partial charge >= 0.3 is 0 Å². The van der Waals surface area contributed by atoms with Crippen molar-refractivity contribution in [1.29, 1.82) is 0 Å². The molecule has 3 rings (SSSR count). The highest BCUT2D eigenvalue weighted by atomic mass is 16.1. The zero-order valence-electron chi connectivity index (χ0n) is 9.80. The summed E-state index contributed by atoms with van der Waals surface area (Å²) in [7, 11) is 0. The van der Waals surface area contributed by atoms with Gasteiger partial charge in [0.1, 0.15) is 5.84 Å². The molecule has 0 aromatic carbocycles. The fourth-order valence-corrected chi connectivity index (χ4v) is 2.57. The number of carbonyl (C=O) groups excluding carboxylic acids is 1. The van der Waals surface area contributed by atoms with Crippen molar-refractivity contribution in [3.63, 3.8) is 0 Å². The van der Waals surface area contributed by atoms with Crippen LogP contribution in [0.4, 0.5) is 0 Å². The van der Waals surface area contributed by atoms with Crippen LogP contribution in [0.15, 0.2) is 40.9 Å². The number of allylic oxidation sites excluding steroid dienone is 3. The Morgan fingerprint density at radius 3 is 2.82 bits per heavy atom. The Balaban J connectivity index is 1.87. The molecule has 2 aliphatic heterocycles. The Morgan fingerprint density at radius 1 is 1.18 bits per heavy atom. The van der Waals surface area contributed by atoms with Crippen LogP contribution in [0.2, 0.25) is 0 Å². The van der Waals surface area contributed by atoms with E-state index in [-0.39, 0.29) is 11.8 Å². The molecule has 88 valence electrons. The van der Waals surface area contributed by atoms with E-state index < -0.39 is 0 Å². The van der Waals surface area contributed by atoms with Gasteiger partial charge in [-0.15, -0.1) is 0 Å². The number of aliphatic imine (C=N–C) groups is 1. The predicted molar refractivity (Wildman–Crippen MR) is 67.7 cm³/mol. The van der Waals surface area contributed by atoms with Gasteiger partial charge < -0.3 is 4.90 Å². The summed E-state index contributed by atoms with van der Waals surface area (Å²) in [5, 5.41) is 0. The van der Waals surface area contributed by atoms with Crippen molar-refractivity contribution in [2.75, 3.05) is 13.1 Å². The summed E-state index contributed by atoms with van der Waals surface area (Å²) in [6, 6.07) is 0. The summed E-state index contributed by atoms with van der Waals surface area (Å²) >= 11 is 0. The lowest BCUT2D eigenvalue weighted by atomic mass is 9.91. The maximum Gasteiger partial charge on any atom is 0.259 e. The van der Waals surface area contributed by atoms with Gasteiger partial charge in [0.25, 0.3) is 5.91 Å². The van der Waals surface area contributed by atoms with Crippen molar-refractivity contribution in [2.45, 2.75) is 19.3 Å². The van der Waals surface area contributed by atoms with Gasteiger partial charge in [0.2, 0.25) is 0 Å². The average Bonchev–Trinajstić information content (AvgIpc) is 2.40. The van der Waals surface area contributed by atoms with E-state index in [1.165, 1.54) is 19.3 Å². The van der Waals surface area contributed by atoms with Gasteiger partial charge in [-0.1, -0.05) is 24.3 Å². The van der Waals surface area contributed by atoms with Crippen molar-refractivity contribution in [2.24, 2.45) is 10.9 Å². The minimum Gasteiger partial charge on any atom is -0.357 e. The third-order valence-corrected chi connectivity index (χ3v) is 3.53. The molecule has 0 saturated carbocycles. The summed E-state index contributed by atoms with van der Waals surface area (Å²) in [6.45, 7) is 2.06. The molecule has 3 nitrogen and oxygen atoms in total. The lowest BCUT2D eigenvalue weighted by Gasteiger charge is -2.31. The Kier molecular flexibility index (Phi) is 2.67. The van der Waals surface area contributed by atoms with Gasteiger partial charge in [-0.05, 0) is 30.9 Å². The largest absolute Gasteiger partial charge is 0.357 e. The molecule has 3 aliphatic rings. The number of amides is 1. The minimum atomic E-state index is -0.145. The summed E-state index contributed by atoms with van der Waals surface area (Å²) < 4.78 is 0. The highest BCUT2D eigenvalue weighted by Gasteiger charge is 2.26. The molecule has 1 fully saturated rings. The number of dihydropyridines is 1. The van der Waals surface area contributed by atoms with Gasteiger partial charge in [0.15, 0.2) is 0 Å². The highest BCUT2D eigenvalue weighted by molar-refractivity contribution is 6.07. The summed E-state index contributed by atoms with van der Waals surface area (Å²) in [6.07, 6.45) is 13.6. The van der Waals surface area contributed by atoms with Crippen LogP contribution < -0.4 is 0 Å². The first kappa shape index (κ1) is 10.5. The van der Waals surface area contributed by atoms with Gasteiger partial charge in [-0.2, -0.15) is 4.99 Å². The number of fused-ring (bicyclic) bond motifs is 1. The third kappa shape index (κ3) is 1.97. The minimum absolute atomic E-state index is 0.0244. The standard InChI is InChI=1S/C14H16N2O/c17-14-12-7-3-2-6-11(12)10-13(15-14)16-8-4-1-5-9-16/h2-3,6-7,10,12H,1,4-5,8-9H2. The van der Waals surface area contributed by atoms with Crippen LogP contribution in [0.1, 0.15) is 19.3 Å². The molecule has 0 aromatic rings. The number of carbonyl (C=O) groups is 1. The van der Waals surface area contributed by atoms with E-state index in [4.69, 9.17) is 0 Å². The molecule has 2 heterocycles. The molecule has 0 bridgehead atoms. The Hall–Kier alpha value is -1.64. The van der Waals surface area contributed by atoms with Crippen molar-refractivity contribution in [3.05, 3.63) is 36.0 Å². The van der Waals surface area contributed by atoms with Crippen LogP contribution in [0, 0.1) is 5.92 Å². The van der Waals surface area contributed by atoms with Crippen LogP contribution in [0.5, 0.6) is 0 Å². The highest BCUT2D eigenvalue weighted by Crippen LogP contribution is 2.25. The summed E-state index contributed by atoms with van der Waals surface area (Å²) in [4.78, 5) is 18.4. The van der Waals surface area contributed by atoms with E-state index in [1.54, 1.807) is 0 Å². The molecular weight excluding hydrogens is 212 g/mol. The molecule has 1 atom stereocenters. The SMILES string of the molecule is O=C1N=C(N2CCCCC2)C=C2C=CC=CC12. The van der Waals surface area contributed by atoms with Crippen molar-refractivity contribution in [3.8, 4) is 0 Å². The summed E-state index contributed by atoms with van der Waals surface area (Å²) in [5.41, 5.74) is 1.08. The van der Waals surface area contributed by atoms with Gasteiger partial charge in [-0.3, -0.25) is 4.79 Å². The average molecular weight is 228 g/mol. The topological polar surface area (TPSA) is 32.7 Å². The fourth-order valence-electron chi connectivity index (χ4n) is 2.57. The molecule has 1 amide bonds. The van der Waals surface area contributed by atoms with Crippen molar-refractivity contribution < 1.29 is 4.79 Å². The monoisotopic (exact) mass is 228 g/mol. The Labute approximate surface area is 101 Å². The van der Waals surface area contributed by atoms with Crippen LogP contribution in [0.3, 0.4) is 0 Å². The van der Waals surface area contributed by atoms with Crippen LogP contribution >= 0.6 is 0 Å². The second-order valence-electron chi connectivity index (χ2n) is 4.72. The van der Waals surface area contributed by atoms with Gasteiger partial charge in [0, 0.05) is 13.1 Å².